The lowest BCUT2D eigenvalue weighted by molar-refractivity contribution is 0.0769. The first kappa shape index (κ1) is 18.9. The SMILES string of the molecule is CC(C)CCN(CCNCCCOC(C)C)C1CCCC1. The van der Waals surface area contributed by atoms with Crippen molar-refractivity contribution in [3.63, 3.8) is 0 Å². The molecule has 1 N–H and O–H groups in total. The van der Waals surface area contributed by atoms with E-state index in [1.165, 1.54) is 45.2 Å². The lowest BCUT2D eigenvalue weighted by atomic mass is 10.1. The van der Waals surface area contributed by atoms with Gasteiger partial charge < -0.3 is 10.1 Å². The molecule has 1 aliphatic rings. The molecular formula is C18H38N2O. The van der Waals surface area contributed by atoms with Gasteiger partial charge in [0.1, 0.15) is 0 Å². The van der Waals surface area contributed by atoms with Crippen molar-refractivity contribution in [2.24, 2.45) is 5.92 Å². The molecule has 0 aromatic rings. The Morgan fingerprint density at radius 2 is 1.76 bits per heavy atom. The molecule has 0 aromatic heterocycles. The molecule has 1 saturated carbocycles. The van der Waals surface area contributed by atoms with Crippen molar-refractivity contribution in [1.82, 2.24) is 10.2 Å². The molecular weight excluding hydrogens is 260 g/mol. The second kappa shape index (κ2) is 11.4. The summed E-state index contributed by atoms with van der Waals surface area (Å²) in [6, 6.07) is 0.856. The maximum Gasteiger partial charge on any atom is 0.0518 e. The lowest BCUT2D eigenvalue weighted by Gasteiger charge is -2.29. The van der Waals surface area contributed by atoms with E-state index in [2.05, 4.69) is 37.9 Å². The van der Waals surface area contributed by atoms with E-state index in [1.54, 1.807) is 0 Å². The van der Waals surface area contributed by atoms with E-state index in [0.717, 1.165) is 38.1 Å². The van der Waals surface area contributed by atoms with Crippen LogP contribution in [0, 0.1) is 5.92 Å². The Kier molecular flexibility index (Phi) is 10.3. The highest BCUT2D eigenvalue weighted by Crippen LogP contribution is 2.23. The van der Waals surface area contributed by atoms with E-state index in [9.17, 15) is 0 Å². The van der Waals surface area contributed by atoms with Crippen LogP contribution in [0.5, 0.6) is 0 Å². The number of nitrogens with zero attached hydrogens (tertiary/aromatic N) is 1. The van der Waals surface area contributed by atoms with Crippen LogP contribution in [-0.2, 0) is 4.74 Å². The molecule has 0 unspecified atom stereocenters. The highest BCUT2D eigenvalue weighted by Gasteiger charge is 2.21. The first-order valence-corrected chi connectivity index (χ1v) is 9.16. The van der Waals surface area contributed by atoms with E-state index in [1.807, 2.05) is 0 Å². The number of ether oxygens (including phenoxy) is 1. The summed E-state index contributed by atoms with van der Waals surface area (Å²) in [5.41, 5.74) is 0. The average Bonchev–Trinajstić information content (AvgIpc) is 2.94. The summed E-state index contributed by atoms with van der Waals surface area (Å²) in [6.45, 7) is 14.4. The van der Waals surface area contributed by atoms with Gasteiger partial charge in [0.2, 0.25) is 0 Å². The molecule has 1 aliphatic carbocycles. The molecule has 0 bridgehead atoms. The Balaban J connectivity index is 2.11. The fourth-order valence-electron chi connectivity index (χ4n) is 3.03. The maximum atomic E-state index is 5.57. The predicted molar refractivity (Wildman–Crippen MR) is 91.9 cm³/mol. The zero-order chi connectivity index (χ0) is 15.5. The summed E-state index contributed by atoms with van der Waals surface area (Å²) in [6.07, 6.45) is 8.51. The molecule has 3 heteroatoms. The topological polar surface area (TPSA) is 24.5 Å². The predicted octanol–water partition coefficient (Wildman–Crippen LogP) is 3.68. The number of nitrogens with one attached hydrogen (secondary N) is 1. The van der Waals surface area contributed by atoms with Crippen LogP contribution < -0.4 is 5.32 Å². The Hall–Kier alpha value is -0.120. The fraction of sp³-hybridized carbons (Fsp3) is 1.00. The lowest BCUT2D eigenvalue weighted by Crippen LogP contribution is -2.39. The van der Waals surface area contributed by atoms with Crippen molar-refractivity contribution in [3.05, 3.63) is 0 Å². The van der Waals surface area contributed by atoms with Crippen LogP contribution in [0.2, 0.25) is 0 Å². The quantitative estimate of drug-likeness (QED) is 0.556. The standard InChI is InChI=1S/C18H38N2O/c1-16(2)10-13-20(18-8-5-6-9-18)14-12-19-11-7-15-21-17(3)4/h16-19H,5-15H2,1-4H3. The van der Waals surface area contributed by atoms with Gasteiger partial charge >= 0.3 is 0 Å². The summed E-state index contributed by atoms with van der Waals surface area (Å²) >= 11 is 0. The first-order chi connectivity index (χ1) is 10.1. The van der Waals surface area contributed by atoms with Gasteiger partial charge in [0.05, 0.1) is 6.10 Å². The Morgan fingerprint density at radius 3 is 2.38 bits per heavy atom. The van der Waals surface area contributed by atoms with Crippen LogP contribution in [0.15, 0.2) is 0 Å². The molecule has 126 valence electrons. The van der Waals surface area contributed by atoms with E-state index >= 15 is 0 Å². The van der Waals surface area contributed by atoms with Crippen LogP contribution in [-0.4, -0.2) is 49.8 Å². The van der Waals surface area contributed by atoms with Crippen LogP contribution in [0.3, 0.4) is 0 Å². The molecule has 1 rings (SSSR count). The van der Waals surface area contributed by atoms with Crippen molar-refractivity contribution < 1.29 is 4.74 Å². The van der Waals surface area contributed by atoms with Gasteiger partial charge in [-0.15, -0.1) is 0 Å². The molecule has 0 aliphatic heterocycles. The Labute approximate surface area is 132 Å². The third-order valence-electron chi connectivity index (χ3n) is 4.36. The van der Waals surface area contributed by atoms with Gasteiger partial charge in [0.25, 0.3) is 0 Å². The minimum atomic E-state index is 0.360. The van der Waals surface area contributed by atoms with Crippen molar-refractivity contribution in [2.45, 2.75) is 78.4 Å². The molecule has 0 radical (unpaired) electrons. The maximum absolute atomic E-state index is 5.57. The molecule has 0 spiro atoms. The molecule has 0 amide bonds. The van der Waals surface area contributed by atoms with Gasteiger partial charge in [-0.3, -0.25) is 4.90 Å². The van der Waals surface area contributed by atoms with Crippen molar-refractivity contribution >= 4 is 0 Å². The van der Waals surface area contributed by atoms with Gasteiger partial charge in [0, 0.05) is 25.7 Å². The average molecular weight is 299 g/mol. The first-order valence-electron chi connectivity index (χ1n) is 9.16. The van der Waals surface area contributed by atoms with E-state index in [0.29, 0.717) is 6.10 Å². The minimum absolute atomic E-state index is 0.360. The molecule has 0 aromatic carbocycles. The second-order valence-corrected chi connectivity index (χ2v) is 7.18. The summed E-state index contributed by atoms with van der Waals surface area (Å²) in [4.78, 5) is 2.74. The second-order valence-electron chi connectivity index (χ2n) is 7.18. The van der Waals surface area contributed by atoms with E-state index in [-0.39, 0.29) is 0 Å². The molecule has 21 heavy (non-hydrogen) atoms. The molecule has 3 nitrogen and oxygen atoms in total. The van der Waals surface area contributed by atoms with Gasteiger partial charge in [0.15, 0.2) is 0 Å². The summed E-state index contributed by atoms with van der Waals surface area (Å²) in [5.74, 6) is 0.815. The smallest absolute Gasteiger partial charge is 0.0518 e. The molecule has 0 saturated heterocycles. The third-order valence-corrected chi connectivity index (χ3v) is 4.36. The van der Waals surface area contributed by atoms with Crippen molar-refractivity contribution in [3.8, 4) is 0 Å². The number of rotatable bonds is 12. The van der Waals surface area contributed by atoms with E-state index in [4.69, 9.17) is 4.74 Å². The normalized spacial score (nSPS) is 16.7. The Morgan fingerprint density at radius 1 is 1.05 bits per heavy atom. The van der Waals surface area contributed by atoms with Crippen LogP contribution in [0.1, 0.15) is 66.2 Å². The summed E-state index contributed by atoms with van der Waals surface area (Å²) in [5, 5.41) is 3.58. The van der Waals surface area contributed by atoms with Gasteiger partial charge in [-0.25, -0.2) is 0 Å². The number of hydrogen-bond acceptors (Lipinski definition) is 3. The van der Waals surface area contributed by atoms with E-state index < -0.39 is 0 Å². The van der Waals surface area contributed by atoms with Crippen LogP contribution in [0.25, 0.3) is 0 Å². The van der Waals surface area contributed by atoms with Crippen molar-refractivity contribution in [1.29, 1.82) is 0 Å². The summed E-state index contributed by atoms with van der Waals surface area (Å²) < 4.78 is 5.57. The van der Waals surface area contributed by atoms with Crippen LogP contribution >= 0.6 is 0 Å². The fourth-order valence-corrected chi connectivity index (χ4v) is 3.03. The summed E-state index contributed by atoms with van der Waals surface area (Å²) in [7, 11) is 0. The highest BCUT2D eigenvalue weighted by molar-refractivity contribution is 4.78. The zero-order valence-electron chi connectivity index (χ0n) is 14.9. The van der Waals surface area contributed by atoms with Gasteiger partial charge in [-0.2, -0.15) is 0 Å². The van der Waals surface area contributed by atoms with Gasteiger partial charge in [-0.05, 0) is 58.5 Å². The minimum Gasteiger partial charge on any atom is -0.379 e. The highest BCUT2D eigenvalue weighted by atomic mass is 16.5. The van der Waals surface area contributed by atoms with Crippen molar-refractivity contribution in [2.75, 3.05) is 32.8 Å². The third kappa shape index (κ3) is 9.49. The number of hydrogen-bond donors (Lipinski definition) is 1. The van der Waals surface area contributed by atoms with Gasteiger partial charge in [-0.1, -0.05) is 26.7 Å². The zero-order valence-corrected chi connectivity index (χ0v) is 14.9. The monoisotopic (exact) mass is 298 g/mol. The largest absolute Gasteiger partial charge is 0.379 e. The molecule has 1 fully saturated rings. The van der Waals surface area contributed by atoms with Crippen LogP contribution in [0.4, 0.5) is 0 Å². The molecule has 0 heterocycles. The Bertz CT molecular complexity index is 237. The molecule has 0 atom stereocenters.